The highest BCUT2D eigenvalue weighted by molar-refractivity contribution is 14.1. The summed E-state index contributed by atoms with van der Waals surface area (Å²) < 4.78 is 87.8. The third-order valence-corrected chi connectivity index (χ3v) is 9.42. The van der Waals surface area contributed by atoms with Crippen molar-refractivity contribution in [3.8, 4) is 11.5 Å². The maximum atomic E-state index is 14.7. The van der Waals surface area contributed by atoms with E-state index in [4.69, 9.17) is 4.74 Å². The largest absolute Gasteiger partial charge is 0.455 e. The van der Waals surface area contributed by atoms with Crippen molar-refractivity contribution in [3.63, 3.8) is 0 Å². The van der Waals surface area contributed by atoms with Gasteiger partial charge in [0.15, 0.2) is 15.6 Å². The van der Waals surface area contributed by atoms with Crippen molar-refractivity contribution in [1.29, 1.82) is 0 Å². The number of sulfonamides is 1. The molecule has 1 N–H and O–H groups in total. The maximum Gasteiger partial charge on any atom is 0.235 e. The van der Waals surface area contributed by atoms with Crippen LogP contribution in [-0.2, 0) is 32.0 Å². The van der Waals surface area contributed by atoms with Crippen LogP contribution in [0.15, 0.2) is 54.6 Å². The summed E-state index contributed by atoms with van der Waals surface area (Å²) in [5.74, 6) is -1.37. The summed E-state index contributed by atoms with van der Waals surface area (Å²) in [5, 5.41) is -0.805. The minimum absolute atomic E-state index is 0.0189. The topological polar surface area (TPSA) is 89.5 Å². The SMILES string of the molecule is CCS(=O)(=O)Cc1cccc(Oc2cc(F)cc(Cc3ccc(I)cc3F)c2NS(=O)(=O)C(C)C)c1. The van der Waals surface area contributed by atoms with Crippen molar-refractivity contribution in [1.82, 2.24) is 0 Å². The lowest BCUT2D eigenvalue weighted by atomic mass is 10.0. The molecule has 0 heterocycles. The van der Waals surface area contributed by atoms with Gasteiger partial charge in [-0.15, -0.1) is 0 Å². The molecule has 0 atom stereocenters. The van der Waals surface area contributed by atoms with Crippen molar-refractivity contribution in [2.24, 2.45) is 0 Å². The van der Waals surface area contributed by atoms with E-state index in [1.54, 1.807) is 37.3 Å². The molecule has 0 saturated carbocycles. The summed E-state index contributed by atoms with van der Waals surface area (Å²) in [7, 11) is -7.18. The molecule has 0 saturated heterocycles. The summed E-state index contributed by atoms with van der Waals surface area (Å²) in [6, 6.07) is 13.0. The van der Waals surface area contributed by atoms with Crippen LogP contribution in [0.4, 0.5) is 14.5 Å². The van der Waals surface area contributed by atoms with E-state index < -0.39 is 36.7 Å². The van der Waals surface area contributed by atoms with Crippen LogP contribution in [0.5, 0.6) is 11.5 Å². The molecule has 0 radical (unpaired) electrons. The molecule has 3 aromatic rings. The Labute approximate surface area is 224 Å². The molecule has 0 spiro atoms. The lowest BCUT2D eigenvalue weighted by molar-refractivity contribution is 0.477. The molecule has 0 unspecified atom stereocenters. The van der Waals surface area contributed by atoms with E-state index in [2.05, 4.69) is 4.72 Å². The van der Waals surface area contributed by atoms with Gasteiger partial charge in [-0.3, -0.25) is 4.72 Å². The van der Waals surface area contributed by atoms with Crippen LogP contribution >= 0.6 is 22.6 Å². The van der Waals surface area contributed by atoms with E-state index >= 15 is 0 Å². The predicted molar refractivity (Wildman–Crippen MR) is 146 cm³/mol. The molecule has 36 heavy (non-hydrogen) atoms. The van der Waals surface area contributed by atoms with Crippen molar-refractivity contribution >= 4 is 48.1 Å². The van der Waals surface area contributed by atoms with Crippen LogP contribution in [0, 0.1) is 15.2 Å². The molecule has 0 aromatic heterocycles. The van der Waals surface area contributed by atoms with Gasteiger partial charge in [0.2, 0.25) is 10.0 Å². The van der Waals surface area contributed by atoms with E-state index in [0.717, 1.165) is 12.1 Å². The smallest absolute Gasteiger partial charge is 0.235 e. The van der Waals surface area contributed by atoms with Gasteiger partial charge in [-0.05, 0) is 83.5 Å². The molecule has 0 bridgehead atoms. The summed E-state index contributed by atoms with van der Waals surface area (Å²) in [4.78, 5) is 0. The van der Waals surface area contributed by atoms with E-state index in [0.29, 0.717) is 9.13 Å². The van der Waals surface area contributed by atoms with E-state index in [1.165, 1.54) is 26.0 Å². The Morgan fingerprint density at radius 2 is 1.69 bits per heavy atom. The van der Waals surface area contributed by atoms with Crippen LogP contribution in [0.3, 0.4) is 0 Å². The first-order valence-corrected chi connectivity index (χ1v) is 15.5. The number of benzene rings is 3. The first kappa shape index (κ1) is 28.3. The molecule has 3 aromatic carbocycles. The summed E-state index contributed by atoms with van der Waals surface area (Å²) in [5.41, 5.74) is 0.883. The molecule has 11 heteroatoms. The Morgan fingerprint density at radius 3 is 2.33 bits per heavy atom. The number of ether oxygens (including phenoxy) is 1. The lowest BCUT2D eigenvalue weighted by Crippen LogP contribution is -2.23. The van der Waals surface area contributed by atoms with E-state index in [9.17, 15) is 25.6 Å². The van der Waals surface area contributed by atoms with Gasteiger partial charge in [-0.1, -0.05) is 25.1 Å². The van der Waals surface area contributed by atoms with Crippen molar-refractivity contribution in [3.05, 3.63) is 86.5 Å². The number of nitrogens with one attached hydrogen (secondary N) is 1. The summed E-state index contributed by atoms with van der Waals surface area (Å²) >= 11 is 1.97. The highest BCUT2D eigenvalue weighted by Crippen LogP contribution is 2.37. The number of rotatable bonds is 10. The van der Waals surface area contributed by atoms with Crippen molar-refractivity contribution in [2.75, 3.05) is 10.5 Å². The van der Waals surface area contributed by atoms with Crippen LogP contribution in [0.1, 0.15) is 37.5 Å². The Kier molecular flexibility index (Phi) is 8.99. The highest BCUT2D eigenvalue weighted by atomic mass is 127. The number of anilines is 1. The molecule has 0 amide bonds. The Hall–Kier alpha value is -2.25. The van der Waals surface area contributed by atoms with Gasteiger partial charge < -0.3 is 4.74 Å². The molecule has 3 rings (SSSR count). The van der Waals surface area contributed by atoms with Gasteiger partial charge >= 0.3 is 0 Å². The van der Waals surface area contributed by atoms with Gasteiger partial charge in [0, 0.05) is 21.8 Å². The first-order valence-electron chi connectivity index (χ1n) is 11.0. The minimum Gasteiger partial charge on any atom is -0.455 e. The lowest BCUT2D eigenvalue weighted by Gasteiger charge is -2.19. The number of hydrogen-bond acceptors (Lipinski definition) is 5. The number of sulfone groups is 1. The zero-order valence-corrected chi connectivity index (χ0v) is 23.7. The van der Waals surface area contributed by atoms with E-state index in [-0.39, 0.29) is 46.2 Å². The van der Waals surface area contributed by atoms with Crippen LogP contribution in [-0.4, -0.2) is 27.8 Å². The van der Waals surface area contributed by atoms with Crippen LogP contribution in [0.25, 0.3) is 0 Å². The van der Waals surface area contributed by atoms with Gasteiger partial charge in [0.25, 0.3) is 0 Å². The van der Waals surface area contributed by atoms with Crippen LogP contribution in [0.2, 0.25) is 0 Å². The van der Waals surface area contributed by atoms with Crippen LogP contribution < -0.4 is 9.46 Å². The van der Waals surface area contributed by atoms with Gasteiger partial charge in [-0.25, -0.2) is 25.6 Å². The predicted octanol–water partition coefficient (Wildman–Crippen LogP) is 6.04. The fraction of sp³-hybridized carbons (Fsp3) is 0.280. The minimum atomic E-state index is -3.87. The third-order valence-electron chi connectivity index (χ3n) is 5.36. The molecule has 0 aliphatic carbocycles. The molecule has 6 nitrogen and oxygen atoms in total. The highest BCUT2D eigenvalue weighted by Gasteiger charge is 2.23. The normalized spacial score (nSPS) is 12.1. The van der Waals surface area contributed by atoms with Gasteiger partial charge in [0.1, 0.15) is 17.4 Å². The first-order chi connectivity index (χ1) is 16.8. The summed E-state index contributed by atoms with van der Waals surface area (Å²) in [6.07, 6.45) is -0.0956. The van der Waals surface area contributed by atoms with E-state index in [1.807, 2.05) is 22.6 Å². The molecular formula is C25H26F2INO5S2. The van der Waals surface area contributed by atoms with Gasteiger partial charge in [0.05, 0.1) is 16.7 Å². The average Bonchev–Trinajstić information content (AvgIpc) is 2.77. The zero-order valence-electron chi connectivity index (χ0n) is 19.9. The second-order valence-electron chi connectivity index (χ2n) is 8.47. The zero-order chi connectivity index (χ0) is 26.7. The molecule has 0 aliphatic rings. The average molecular weight is 650 g/mol. The number of halogens is 3. The molecule has 0 aliphatic heterocycles. The van der Waals surface area contributed by atoms with Gasteiger partial charge in [-0.2, -0.15) is 0 Å². The number of hydrogen-bond donors (Lipinski definition) is 1. The Bertz CT molecular complexity index is 1480. The quantitative estimate of drug-likeness (QED) is 0.271. The van der Waals surface area contributed by atoms with Crippen molar-refractivity contribution < 1.29 is 30.4 Å². The fourth-order valence-electron chi connectivity index (χ4n) is 3.28. The second kappa shape index (κ2) is 11.4. The monoisotopic (exact) mass is 649 g/mol. The van der Waals surface area contributed by atoms with Crippen molar-refractivity contribution in [2.45, 2.75) is 38.2 Å². The summed E-state index contributed by atoms with van der Waals surface area (Å²) in [6.45, 7) is 4.53. The maximum absolute atomic E-state index is 14.7. The standard InChI is InChI=1S/C25H26F2INO5S2/c1-4-35(30,31)15-17-6-5-7-22(10-17)34-24-13-20(26)12-19(25(24)29-36(32,33)16(2)3)11-18-8-9-21(28)14-23(18)27/h5-10,12-14,16,29H,4,11,15H2,1-3H3. The fourth-order valence-corrected chi connectivity index (χ4v) is 5.38. The second-order valence-corrected chi connectivity index (χ2v) is 14.3. The molecule has 194 valence electrons. The third kappa shape index (κ3) is 7.39. The molecular weight excluding hydrogens is 623 g/mol. The Balaban J connectivity index is 2.09. The molecule has 0 fully saturated rings. The Morgan fingerprint density at radius 1 is 0.972 bits per heavy atom.